The summed E-state index contributed by atoms with van der Waals surface area (Å²) >= 11 is 0. The van der Waals surface area contributed by atoms with Crippen LogP contribution in [0.25, 0.3) is 21.5 Å². The summed E-state index contributed by atoms with van der Waals surface area (Å²) in [6, 6.07) is 27.0. The summed E-state index contributed by atoms with van der Waals surface area (Å²) in [5, 5.41) is 28.9. The van der Waals surface area contributed by atoms with E-state index in [1.807, 2.05) is 84.9 Å². The van der Waals surface area contributed by atoms with Gasteiger partial charge in [-0.05, 0) is 32.7 Å². The lowest BCUT2D eigenvalue weighted by molar-refractivity contribution is -0.644. The van der Waals surface area contributed by atoms with Gasteiger partial charge in [0, 0.05) is 22.7 Å². The van der Waals surface area contributed by atoms with E-state index in [1.54, 1.807) is 0 Å². The minimum Gasteiger partial charge on any atom is -0.264 e. The van der Waals surface area contributed by atoms with Crippen LogP contribution in [0.3, 0.4) is 0 Å². The molecule has 2 aliphatic rings. The molecule has 0 radical (unpaired) electrons. The molecule has 4 aromatic carbocycles. The first-order chi connectivity index (χ1) is 15.5. The number of rotatable bonds is 5. The Bertz CT molecular complexity index is 1310. The highest BCUT2D eigenvalue weighted by atomic mass is 16.7. The zero-order chi connectivity index (χ0) is 22.1. The van der Waals surface area contributed by atoms with E-state index in [2.05, 4.69) is 0 Å². The highest BCUT2D eigenvalue weighted by molar-refractivity contribution is 5.88. The van der Waals surface area contributed by atoms with E-state index in [0.717, 1.165) is 32.7 Å². The first kappa shape index (κ1) is 18.9. The molecule has 158 valence electrons. The second kappa shape index (κ2) is 6.36. The van der Waals surface area contributed by atoms with Crippen LogP contribution in [0.1, 0.15) is 35.8 Å². The maximum absolute atomic E-state index is 12.5. The molecule has 0 heterocycles. The Morgan fingerprint density at radius 3 is 1.38 bits per heavy atom. The summed E-state index contributed by atoms with van der Waals surface area (Å²) in [6.45, 7) is 0. The van der Waals surface area contributed by atoms with E-state index in [4.69, 9.17) is 0 Å². The molecule has 4 atom stereocenters. The molecule has 0 unspecified atom stereocenters. The lowest BCUT2D eigenvalue weighted by Gasteiger charge is -2.17. The van der Waals surface area contributed by atoms with Crippen molar-refractivity contribution < 1.29 is 9.85 Å². The van der Waals surface area contributed by atoms with Crippen molar-refractivity contribution in [1.82, 2.24) is 0 Å². The van der Waals surface area contributed by atoms with E-state index < -0.39 is 22.9 Å². The van der Waals surface area contributed by atoms with Crippen LogP contribution in [0.4, 0.5) is 0 Å². The Morgan fingerprint density at radius 2 is 0.969 bits per heavy atom. The van der Waals surface area contributed by atoms with Gasteiger partial charge in [-0.3, -0.25) is 20.2 Å². The molecule has 4 aromatic rings. The smallest absolute Gasteiger partial charge is 0.264 e. The van der Waals surface area contributed by atoms with Gasteiger partial charge in [-0.25, -0.2) is 0 Å². The van der Waals surface area contributed by atoms with Gasteiger partial charge in [0.2, 0.25) is 0 Å². The molecule has 0 aromatic heterocycles. The Kier molecular flexibility index (Phi) is 3.76. The molecule has 2 aliphatic carbocycles. The maximum atomic E-state index is 12.5. The Balaban J connectivity index is 1.50. The summed E-state index contributed by atoms with van der Waals surface area (Å²) in [5.74, 6) is -0.956. The van der Waals surface area contributed by atoms with Gasteiger partial charge < -0.3 is 0 Å². The fourth-order valence-corrected chi connectivity index (χ4v) is 6.02. The van der Waals surface area contributed by atoms with Gasteiger partial charge >= 0.3 is 0 Å². The first-order valence-corrected chi connectivity index (χ1v) is 10.7. The number of hydrogen-bond acceptors (Lipinski definition) is 4. The Labute approximate surface area is 183 Å². The van der Waals surface area contributed by atoms with Crippen molar-refractivity contribution in [2.24, 2.45) is 0 Å². The number of benzene rings is 4. The third-order valence-electron chi connectivity index (χ3n) is 7.66. The lowest BCUT2D eigenvalue weighted by Crippen LogP contribution is -2.47. The molecule has 0 aliphatic heterocycles. The van der Waals surface area contributed by atoms with Gasteiger partial charge in [0.15, 0.2) is 0 Å². The van der Waals surface area contributed by atoms with Crippen molar-refractivity contribution in [1.29, 1.82) is 0 Å². The van der Waals surface area contributed by atoms with E-state index in [9.17, 15) is 20.2 Å². The molecule has 2 saturated carbocycles. The predicted octanol–water partition coefficient (Wildman–Crippen LogP) is 5.70. The number of nitrogens with zero attached hydrogens (tertiary/aromatic N) is 2. The zero-order valence-corrected chi connectivity index (χ0v) is 17.2. The second-order valence-corrected chi connectivity index (χ2v) is 9.01. The van der Waals surface area contributed by atoms with Crippen LogP contribution in [0.2, 0.25) is 0 Å². The molecular weight excluding hydrogens is 404 g/mol. The highest BCUT2D eigenvalue weighted by Crippen LogP contribution is 2.73. The van der Waals surface area contributed by atoms with E-state index in [-0.39, 0.29) is 22.7 Å². The normalized spacial score (nSPS) is 28.5. The predicted molar refractivity (Wildman–Crippen MR) is 122 cm³/mol. The van der Waals surface area contributed by atoms with Crippen molar-refractivity contribution in [2.75, 3.05) is 0 Å². The van der Waals surface area contributed by atoms with Gasteiger partial charge in [-0.1, -0.05) is 84.9 Å². The molecule has 6 rings (SSSR count). The molecular formula is C26H20N2O4. The van der Waals surface area contributed by atoms with Gasteiger partial charge in [0.1, 0.15) is 0 Å². The van der Waals surface area contributed by atoms with Gasteiger partial charge in [-0.2, -0.15) is 0 Å². The maximum Gasteiger partial charge on any atom is 0.299 e. The molecule has 0 saturated heterocycles. The number of fused-ring (bicyclic) bond motifs is 2. The zero-order valence-electron chi connectivity index (χ0n) is 17.2. The minimum absolute atomic E-state index is 0.191. The van der Waals surface area contributed by atoms with Crippen LogP contribution in [0.15, 0.2) is 84.9 Å². The molecule has 6 nitrogen and oxygen atoms in total. The minimum atomic E-state index is -1.60. The van der Waals surface area contributed by atoms with Crippen molar-refractivity contribution >= 4 is 21.5 Å². The second-order valence-electron chi connectivity index (χ2n) is 9.01. The molecule has 0 N–H and O–H groups in total. The van der Waals surface area contributed by atoms with Crippen LogP contribution in [0.5, 0.6) is 0 Å². The monoisotopic (exact) mass is 424 g/mol. The van der Waals surface area contributed by atoms with Crippen molar-refractivity contribution in [3.05, 3.63) is 116 Å². The Hall–Kier alpha value is -3.80. The summed E-state index contributed by atoms with van der Waals surface area (Å²) in [4.78, 5) is 24.4. The lowest BCUT2D eigenvalue weighted by atomic mass is 9.90. The molecule has 6 heteroatoms. The topological polar surface area (TPSA) is 86.3 Å². The molecule has 0 bridgehead atoms. The summed E-state index contributed by atoms with van der Waals surface area (Å²) in [6.07, 6.45) is 0.381. The summed E-state index contributed by atoms with van der Waals surface area (Å²) in [5.41, 5.74) is -1.51. The SMILES string of the molecule is O=[N+]([O-])[C@]1([C@@]2([N+](=O)[O-])C[C@H]2c2cccc3ccccc23)C[C@H]1c1cccc2ccccc12. The molecule has 2 fully saturated rings. The largest absolute Gasteiger partial charge is 0.299 e. The quantitative estimate of drug-likeness (QED) is 0.304. The molecule has 32 heavy (non-hydrogen) atoms. The fourth-order valence-electron chi connectivity index (χ4n) is 6.02. The third-order valence-corrected chi connectivity index (χ3v) is 7.66. The number of hydrogen-bond donors (Lipinski definition) is 0. The average Bonchev–Trinajstić information content (AvgIpc) is 3.71. The van der Waals surface area contributed by atoms with Crippen molar-refractivity contribution in [2.45, 2.75) is 35.8 Å². The van der Waals surface area contributed by atoms with Crippen LogP contribution < -0.4 is 0 Å². The summed E-state index contributed by atoms with van der Waals surface area (Å²) < 4.78 is 0. The first-order valence-electron chi connectivity index (χ1n) is 10.7. The highest BCUT2D eigenvalue weighted by Gasteiger charge is 2.93. The number of nitro groups is 2. The van der Waals surface area contributed by atoms with Crippen LogP contribution in [0, 0.1) is 20.2 Å². The molecule has 0 amide bonds. The van der Waals surface area contributed by atoms with E-state index in [1.165, 1.54) is 0 Å². The molecule has 0 spiro atoms. The van der Waals surface area contributed by atoms with Crippen molar-refractivity contribution in [3.8, 4) is 0 Å². The van der Waals surface area contributed by atoms with Gasteiger partial charge in [0.25, 0.3) is 11.1 Å². The summed E-state index contributed by atoms with van der Waals surface area (Å²) in [7, 11) is 0. The fraction of sp³-hybridized carbons (Fsp3) is 0.231. The van der Waals surface area contributed by atoms with E-state index in [0.29, 0.717) is 0 Å². The van der Waals surface area contributed by atoms with Crippen LogP contribution in [-0.4, -0.2) is 20.9 Å². The van der Waals surface area contributed by atoms with Crippen molar-refractivity contribution in [3.63, 3.8) is 0 Å². The average molecular weight is 424 g/mol. The van der Waals surface area contributed by atoms with Crippen LogP contribution >= 0.6 is 0 Å². The van der Waals surface area contributed by atoms with Gasteiger partial charge in [-0.15, -0.1) is 0 Å². The Morgan fingerprint density at radius 1 is 0.594 bits per heavy atom. The standard InChI is InChI=1S/C26H20N2O4/c29-27(30)25(15-23(25)21-13-5-9-17-7-1-3-11-19(17)21)26(28(31)32)16-24(26)22-14-6-10-18-8-2-4-12-20(18)22/h1-14,23-24H,15-16H2/t23-,24-,25+,26+/m0/s1. The third kappa shape index (κ3) is 2.29. The van der Waals surface area contributed by atoms with Gasteiger partial charge in [0.05, 0.1) is 11.8 Å². The van der Waals surface area contributed by atoms with E-state index >= 15 is 0 Å². The van der Waals surface area contributed by atoms with Crippen LogP contribution in [-0.2, 0) is 0 Å².